The number of carbonyl (C=O) groups is 3. The second-order valence-corrected chi connectivity index (χ2v) is 12.0. The number of carbonyl (C=O) groups excluding carboxylic acids is 3. The van der Waals surface area contributed by atoms with E-state index in [4.69, 9.17) is 0 Å². The van der Waals surface area contributed by atoms with Crippen molar-refractivity contribution < 1.29 is 14.4 Å². The number of benzene rings is 1. The van der Waals surface area contributed by atoms with E-state index < -0.39 is 6.04 Å². The van der Waals surface area contributed by atoms with Crippen LogP contribution >= 0.6 is 15.9 Å². The molecule has 1 saturated heterocycles. The third-order valence-electron chi connectivity index (χ3n) is 8.99. The number of rotatable bonds is 4. The van der Waals surface area contributed by atoms with Crippen LogP contribution in [-0.4, -0.2) is 34.7 Å². The molecule has 1 atom stereocenters. The van der Waals surface area contributed by atoms with Gasteiger partial charge in [-0.25, -0.2) is 4.90 Å². The summed E-state index contributed by atoms with van der Waals surface area (Å²) < 4.78 is 0.904. The molecule has 170 valence electrons. The molecule has 4 bridgehead atoms. The number of imide groups is 1. The Morgan fingerprint density at radius 2 is 1.50 bits per heavy atom. The molecule has 0 radical (unpaired) electrons. The van der Waals surface area contributed by atoms with Crippen LogP contribution in [0.4, 0.5) is 5.69 Å². The molecule has 1 heterocycles. The van der Waals surface area contributed by atoms with E-state index in [0.29, 0.717) is 23.4 Å². The van der Waals surface area contributed by atoms with E-state index in [9.17, 15) is 14.4 Å². The van der Waals surface area contributed by atoms with Gasteiger partial charge in [0.25, 0.3) is 5.91 Å². The van der Waals surface area contributed by atoms with Gasteiger partial charge >= 0.3 is 0 Å². The monoisotopic (exact) mass is 498 g/mol. The van der Waals surface area contributed by atoms with Crippen LogP contribution < -0.4 is 4.90 Å². The third-order valence-corrected chi connectivity index (χ3v) is 9.52. The van der Waals surface area contributed by atoms with Gasteiger partial charge in [-0.15, -0.1) is 0 Å². The van der Waals surface area contributed by atoms with Crippen LogP contribution in [-0.2, 0) is 14.4 Å². The standard InChI is InChI=1S/C26H31BrN2O3/c27-19-5-7-21(8-6-19)29-23(30)12-22(24(29)31)28(20-3-1-2-4-20)25(32)26-13-16-9-17(14-26)11-18(10-16)15-26/h5-8,16-18,20,22H,1-4,9-15H2. The van der Waals surface area contributed by atoms with Crippen LogP contribution in [0.15, 0.2) is 28.7 Å². The number of anilines is 1. The van der Waals surface area contributed by atoms with E-state index in [-0.39, 0.29) is 35.6 Å². The van der Waals surface area contributed by atoms with Crippen molar-refractivity contribution >= 4 is 39.3 Å². The lowest BCUT2D eigenvalue weighted by atomic mass is 9.49. The van der Waals surface area contributed by atoms with E-state index in [1.807, 2.05) is 17.0 Å². The van der Waals surface area contributed by atoms with Crippen LogP contribution in [0.3, 0.4) is 0 Å². The number of amides is 3. The van der Waals surface area contributed by atoms with Crippen LogP contribution in [0.1, 0.15) is 70.6 Å². The van der Waals surface area contributed by atoms with Gasteiger partial charge < -0.3 is 4.90 Å². The summed E-state index contributed by atoms with van der Waals surface area (Å²) in [5, 5.41) is 0. The minimum atomic E-state index is -0.644. The largest absolute Gasteiger partial charge is 0.327 e. The SMILES string of the molecule is O=C1CC(N(C(=O)C23CC4CC(CC(C4)C2)C3)C2CCCC2)C(=O)N1c1ccc(Br)cc1. The van der Waals surface area contributed by atoms with Crippen molar-refractivity contribution in [3.05, 3.63) is 28.7 Å². The van der Waals surface area contributed by atoms with Crippen molar-refractivity contribution in [1.29, 1.82) is 0 Å². The Hall–Kier alpha value is -1.69. The van der Waals surface area contributed by atoms with Gasteiger partial charge in [0, 0.05) is 10.5 Å². The first kappa shape index (κ1) is 20.9. The molecule has 1 aromatic rings. The average molecular weight is 499 g/mol. The minimum Gasteiger partial charge on any atom is -0.327 e. The lowest BCUT2D eigenvalue weighted by Crippen LogP contribution is -2.59. The van der Waals surface area contributed by atoms with Crippen molar-refractivity contribution in [2.24, 2.45) is 23.2 Å². The molecule has 0 spiro atoms. The molecule has 32 heavy (non-hydrogen) atoms. The van der Waals surface area contributed by atoms with Gasteiger partial charge in [-0.3, -0.25) is 14.4 Å². The summed E-state index contributed by atoms with van der Waals surface area (Å²) in [4.78, 5) is 44.3. The van der Waals surface area contributed by atoms with Gasteiger partial charge in [0.1, 0.15) is 6.04 Å². The highest BCUT2D eigenvalue weighted by Crippen LogP contribution is 2.61. The van der Waals surface area contributed by atoms with Gasteiger partial charge in [0.2, 0.25) is 11.8 Å². The number of nitrogens with zero attached hydrogens (tertiary/aromatic N) is 2. The maximum Gasteiger partial charge on any atom is 0.257 e. The first-order chi connectivity index (χ1) is 15.4. The molecule has 5 saturated carbocycles. The number of hydrogen-bond donors (Lipinski definition) is 0. The van der Waals surface area contributed by atoms with Crippen molar-refractivity contribution in [2.75, 3.05) is 4.90 Å². The lowest BCUT2D eigenvalue weighted by molar-refractivity contribution is -0.164. The zero-order valence-electron chi connectivity index (χ0n) is 18.5. The summed E-state index contributed by atoms with van der Waals surface area (Å²) in [6, 6.07) is 6.74. The lowest BCUT2D eigenvalue weighted by Gasteiger charge is -2.57. The quantitative estimate of drug-likeness (QED) is 0.544. The Morgan fingerprint density at radius 3 is 2.06 bits per heavy atom. The van der Waals surface area contributed by atoms with Crippen molar-refractivity contribution in [2.45, 2.75) is 82.7 Å². The van der Waals surface area contributed by atoms with E-state index in [2.05, 4.69) is 15.9 Å². The summed E-state index contributed by atoms with van der Waals surface area (Å²) in [6.07, 6.45) is 11.1. The first-order valence-corrected chi connectivity index (χ1v) is 13.2. The molecule has 6 fully saturated rings. The predicted octanol–water partition coefficient (Wildman–Crippen LogP) is 5.07. The van der Waals surface area contributed by atoms with Gasteiger partial charge in [-0.1, -0.05) is 28.8 Å². The second-order valence-electron chi connectivity index (χ2n) is 11.1. The fraction of sp³-hybridized carbons (Fsp3) is 0.654. The Bertz CT molecular complexity index is 917. The molecule has 5 aliphatic carbocycles. The van der Waals surface area contributed by atoms with Crippen LogP contribution in [0.2, 0.25) is 0 Å². The molecule has 1 aliphatic heterocycles. The Morgan fingerprint density at radius 1 is 0.938 bits per heavy atom. The Balaban J connectivity index is 1.33. The second kappa shape index (κ2) is 7.68. The normalized spacial score (nSPS) is 36.3. The highest BCUT2D eigenvalue weighted by atomic mass is 79.9. The maximum absolute atomic E-state index is 14.3. The molecule has 7 rings (SSSR count). The smallest absolute Gasteiger partial charge is 0.257 e. The summed E-state index contributed by atoms with van der Waals surface area (Å²) >= 11 is 3.42. The van der Waals surface area contributed by atoms with Crippen molar-refractivity contribution in [3.63, 3.8) is 0 Å². The summed E-state index contributed by atoms with van der Waals surface area (Å²) in [7, 11) is 0. The molecule has 0 N–H and O–H groups in total. The van der Waals surface area contributed by atoms with Crippen LogP contribution in [0, 0.1) is 23.2 Å². The summed E-state index contributed by atoms with van der Waals surface area (Å²) in [5.74, 6) is 1.82. The summed E-state index contributed by atoms with van der Waals surface area (Å²) in [5.41, 5.74) is 0.311. The maximum atomic E-state index is 14.3. The van der Waals surface area contributed by atoms with Gasteiger partial charge in [-0.2, -0.15) is 0 Å². The zero-order valence-corrected chi connectivity index (χ0v) is 20.1. The fourth-order valence-corrected chi connectivity index (χ4v) is 8.35. The molecule has 3 amide bonds. The van der Waals surface area contributed by atoms with Crippen LogP contribution in [0.25, 0.3) is 0 Å². The van der Waals surface area contributed by atoms with Gasteiger partial charge in [0.05, 0.1) is 17.5 Å². The average Bonchev–Trinajstić information content (AvgIpc) is 3.37. The number of hydrogen-bond acceptors (Lipinski definition) is 3. The fourth-order valence-electron chi connectivity index (χ4n) is 8.09. The zero-order chi connectivity index (χ0) is 22.0. The van der Waals surface area contributed by atoms with E-state index in [0.717, 1.165) is 49.4 Å². The molecule has 1 unspecified atom stereocenters. The number of halogens is 1. The van der Waals surface area contributed by atoms with Crippen molar-refractivity contribution in [1.82, 2.24) is 4.90 Å². The molecule has 1 aromatic carbocycles. The molecule has 5 nitrogen and oxygen atoms in total. The van der Waals surface area contributed by atoms with Gasteiger partial charge in [-0.05, 0) is 93.4 Å². The predicted molar refractivity (Wildman–Crippen MR) is 125 cm³/mol. The molecular weight excluding hydrogens is 468 g/mol. The first-order valence-electron chi connectivity index (χ1n) is 12.4. The van der Waals surface area contributed by atoms with E-state index in [1.165, 1.54) is 24.2 Å². The highest BCUT2D eigenvalue weighted by molar-refractivity contribution is 9.10. The molecule has 6 aliphatic rings. The van der Waals surface area contributed by atoms with E-state index >= 15 is 0 Å². The third kappa shape index (κ3) is 3.27. The molecule has 0 aromatic heterocycles. The highest BCUT2D eigenvalue weighted by Gasteiger charge is 2.58. The molecular formula is C26H31BrN2O3. The minimum absolute atomic E-state index is 0.0992. The van der Waals surface area contributed by atoms with Crippen LogP contribution in [0.5, 0.6) is 0 Å². The van der Waals surface area contributed by atoms with E-state index in [1.54, 1.807) is 12.1 Å². The Kier molecular flexibility index (Phi) is 5.01. The Labute approximate surface area is 198 Å². The van der Waals surface area contributed by atoms with Crippen molar-refractivity contribution in [3.8, 4) is 0 Å². The van der Waals surface area contributed by atoms with Gasteiger partial charge in [0.15, 0.2) is 0 Å². The summed E-state index contributed by atoms with van der Waals surface area (Å²) in [6.45, 7) is 0. The molecule has 6 heteroatoms. The topological polar surface area (TPSA) is 57.7 Å².